The van der Waals surface area contributed by atoms with Crippen molar-refractivity contribution in [1.29, 1.82) is 0 Å². The molecule has 0 amide bonds. The predicted octanol–water partition coefficient (Wildman–Crippen LogP) is 1.30. The Balaban J connectivity index is 3.00. The molecule has 0 bridgehead atoms. The number of sulfonamides is 1. The number of benzene rings is 1. The Labute approximate surface area is 136 Å². The maximum Gasteiger partial charge on any atom is 0.240 e. The lowest BCUT2D eigenvalue weighted by molar-refractivity contribution is 0.131. The number of rotatable bonds is 7. The van der Waals surface area contributed by atoms with Gasteiger partial charge in [0, 0.05) is 12.8 Å². The molecule has 0 radical (unpaired) electrons. The van der Waals surface area contributed by atoms with E-state index in [1.807, 2.05) is 0 Å². The second kappa shape index (κ2) is 6.84. The summed E-state index contributed by atoms with van der Waals surface area (Å²) in [7, 11) is -7.74. The van der Waals surface area contributed by atoms with Crippen molar-refractivity contribution in [3.63, 3.8) is 0 Å². The van der Waals surface area contributed by atoms with Crippen molar-refractivity contribution in [3.8, 4) is 0 Å². The van der Waals surface area contributed by atoms with Crippen LogP contribution in [0.2, 0.25) is 0 Å². The van der Waals surface area contributed by atoms with Crippen LogP contribution in [0, 0.1) is 11.2 Å². The van der Waals surface area contributed by atoms with Crippen LogP contribution in [0.15, 0.2) is 28.0 Å². The summed E-state index contributed by atoms with van der Waals surface area (Å²) >= 11 is 0. The molecular formula is C14H22FNO5S2. The van der Waals surface area contributed by atoms with Crippen molar-refractivity contribution < 1.29 is 26.3 Å². The van der Waals surface area contributed by atoms with Crippen molar-refractivity contribution in [3.05, 3.63) is 24.0 Å². The average molecular weight is 367 g/mol. The lowest BCUT2D eigenvalue weighted by atomic mass is 9.87. The molecule has 0 aliphatic carbocycles. The summed E-state index contributed by atoms with van der Waals surface area (Å²) < 4.78 is 63.2. The van der Waals surface area contributed by atoms with Gasteiger partial charge in [0.15, 0.2) is 9.84 Å². The molecule has 1 aromatic rings. The molecule has 132 valence electrons. The van der Waals surface area contributed by atoms with Crippen LogP contribution in [0.1, 0.15) is 27.2 Å². The van der Waals surface area contributed by atoms with Crippen LogP contribution in [0.4, 0.5) is 4.39 Å². The third-order valence-electron chi connectivity index (χ3n) is 3.20. The fraction of sp³-hybridized carbons (Fsp3) is 0.571. The lowest BCUT2D eigenvalue weighted by Gasteiger charge is -2.26. The standard InChI is InChI=1S/C14H22FNO5S2/c1-10(17)8-14(2,3)9-16-23(20,21)11-5-6-13(12(15)7-11)22(4,18)19/h5-7,10,16-17H,8-9H2,1-4H3/t10-/m1/s1. The van der Waals surface area contributed by atoms with E-state index in [9.17, 15) is 26.3 Å². The molecule has 0 saturated carbocycles. The van der Waals surface area contributed by atoms with E-state index in [1.165, 1.54) is 0 Å². The van der Waals surface area contributed by atoms with Crippen LogP contribution in [-0.4, -0.2) is 40.8 Å². The van der Waals surface area contributed by atoms with Crippen LogP contribution in [0.5, 0.6) is 0 Å². The Morgan fingerprint density at radius 3 is 2.26 bits per heavy atom. The topological polar surface area (TPSA) is 101 Å². The van der Waals surface area contributed by atoms with Crippen molar-refractivity contribution in [2.75, 3.05) is 12.8 Å². The first kappa shape index (κ1) is 20.0. The number of aliphatic hydroxyl groups is 1. The second-order valence-electron chi connectivity index (χ2n) is 6.41. The molecule has 0 aliphatic heterocycles. The fourth-order valence-corrected chi connectivity index (χ4v) is 4.18. The molecule has 0 fully saturated rings. The van der Waals surface area contributed by atoms with E-state index >= 15 is 0 Å². The summed E-state index contributed by atoms with van der Waals surface area (Å²) in [5.41, 5.74) is -0.494. The van der Waals surface area contributed by atoms with Gasteiger partial charge in [-0.1, -0.05) is 13.8 Å². The molecule has 0 heterocycles. The van der Waals surface area contributed by atoms with Gasteiger partial charge >= 0.3 is 0 Å². The Kier molecular flexibility index (Phi) is 5.95. The molecule has 0 aliphatic rings. The van der Waals surface area contributed by atoms with E-state index in [0.717, 1.165) is 18.4 Å². The van der Waals surface area contributed by atoms with Gasteiger partial charge in [-0.3, -0.25) is 0 Å². The average Bonchev–Trinajstić information content (AvgIpc) is 2.33. The van der Waals surface area contributed by atoms with E-state index in [1.54, 1.807) is 20.8 Å². The van der Waals surface area contributed by atoms with E-state index in [2.05, 4.69) is 4.72 Å². The smallest absolute Gasteiger partial charge is 0.240 e. The summed E-state index contributed by atoms with van der Waals surface area (Å²) in [6.45, 7) is 5.23. The van der Waals surface area contributed by atoms with Crippen LogP contribution < -0.4 is 4.72 Å². The van der Waals surface area contributed by atoms with Gasteiger partial charge in [0.05, 0.1) is 11.0 Å². The largest absolute Gasteiger partial charge is 0.393 e. The highest BCUT2D eigenvalue weighted by Gasteiger charge is 2.25. The maximum absolute atomic E-state index is 13.8. The minimum Gasteiger partial charge on any atom is -0.393 e. The van der Waals surface area contributed by atoms with Crippen LogP contribution >= 0.6 is 0 Å². The fourth-order valence-electron chi connectivity index (χ4n) is 2.20. The van der Waals surface area contributed by atoms with E-state index < -0.39 is 42.1 Å². The normalized spacial score (nSPS) is 14.7. The Hall–Kier alpha value is -1.03. The first-order chi connectivity index (χ1) is 10.2. The highest BCUT2D eigenvalue weighted by molar-refractivity contribution is 7.90. The monoisotopic (exact) mass is 367 g/mol. The minimum atomic E-state index is -3.98. The molecule has 1 atom stereocenters. The quantitative estimate of drug-likeness (QED) is 0.757. The van der Waals surface area contributed by atoms with Crippen LogP contribution in [-0.2, 0) is 19.9 Å². The molecule has 1 aromatic carbocycles. The van der Waals surface area contributed by atoms with Crippen molar-refractivity contribution in [2.45, 2.75) is 43.1 Å². The zero-order valence-corrected chi connectivity index (χ0v) is 15.1. The van der Waals surface area contributed by atoms with Crippen LogP contribution in [0.25, 0.3) is 0 Å². The number of nitrogens with one attached hydrogen (secondary N) is 1. The highest BCUT2D eigenvalue weighted by Crippen LogP contribution is 2.23. The van der Waals surface area contributed by atoms with E-state index in [4.69, 9.17) is 0 Å². The zero-order chi connectivity index (χ0) is 18.1. The molecule has 0 saturated heterocycles. The van der Waals surface area contributed by atoms with Crippen molar-refractivity contribution >= 4 is 19.9 Å². The van der Waals surface area contributed by atoms with Gasteiger partial charge in [0.2, 0.25) is 10.0 Å². The molecule has 6 nitrogen and oxygen atoms in total. The first-order valence-corrected chi connectivity index (χ1v) is 10.3. The van der Waals surface area contributed by atoms with E-state index in [-0.39, 0.29) is 11.4 Å². The highest BCUT2D eigenvalue weighted by atomic mass is 32.2. The van der Waals surface area contributed by atoms with Gasteiger partial charge in [-0.25, -0.2) is 25.9 Å². The Morgan fingerprint density at radius 2 is 1.83 bits per heavy atom. The first-order valence-electron chi connectivity index (χ1n) is 6.92. The maximum atomic E-state index is 13.8. The Morgan fingerprint density at radius 1 is 1.26 bits per heavy atom. The third kappa shape index (κ3) is 5.83. The second-order valence-corrected chi connectivity index (χ2v) is 10.2. The number of hydrogen-bond acceptors (Lipinski definition) is 5. The van der Waals surface area contributed by atoms with Gasteiger partial charge in [0.25, 0.3) is 0 Å². The number of halogens is 1. The molecule has 0 aromatic heterocycles. The molecule has 0 unspecified atom stereocenters. The molecule has 0 spiro atoms. The summed E-state index contributed by atoms with van der Waals surface area (Å²) in [6.07, 6.45) is 0.647. The number of sulfone groups is 1. The molecule has 9 heteroatoms. The molecular weight excluding hydrogens is 345 g/mol. The molecule has 1 rings (SSSR count). The Bertz CT molecular complexity index is 770. The van der Waals surface area contributed by atoms with Gasteiger partial charge in [-0.2, -0.15) is 0 Å². The van der Waals surface area contributed by atoms with Gasteiger partial charge in [-0.05, 0) is 37.0 Å². The number of aliphatic hydroxyl groups excluding tert-OH is 1. The molecule has 2 N–H and O–H groups in total. The van der Waals surface area contributed by atoms with Gasteiger partial charge < -0.3 is 5.11 Å². The zero-order valence-electron chi connectivity index (χ0n) is 13.5. The summed E-state index contributed by atoms with van der Waals surface area (Å²) in [5, 5.41) is 9.39. The van der Waals surface area contributed by atoms with Crippen molar-refractivity contribution in [2.24, 2.45) is 5.41 Å². The van der Waals surface area contributed by atoms with Crippen LogP contribution in [0.3, 0.4) is 0 Å². The van der Waals surface area contributed by atoms with Gasteiger partial charge in [0.1, 0.15) is 10.7 Å². The minimum absolute atomic E-state index is 0.0513. The van der Waals surface area contributed by atoms with E-state index in [0.29, 0.717) is 12.5 Å². The molecule has 23 heavy (non-hydrogen) atoms. The number of hydrogen-bond donors (Lipinski definition) is 2. The third-order valence-corrected chi connectivity index (χ3v) is 5.73. The lowest BCUT2D eigenvalue weighted by Crippen LogP contribution is -2.35. The van der Waals surface area contributed by atoms with Gasteiger partial charge in [-0.15, -0.1) is 0 Å². The predicted molar refractivity (Wildman–Crippen MR) is 84.8 cm³/mol. The van der Waals surface area contributed by atoms with Crippen molar-refractivity contribution in [1.82, 2.24) is 4.72 Å². The summed E-state index contributed by atoms with van der Waals surface area (Å²) in [6, 6.07) is 2.66. The summed E-state index contributed by atoms with van der Waals surface area (Å²) in [5.74, 6) is -1.11. The SMILES string of the molecule is C[C@@H](O)CC(C)(C)CNS(=O)(=O)c1ccc(S(C)(=O)=O)c(F)c1. The summed E-state index contributed by atoms with van der Waals surface area (Å²) in [4.78, 5) is -0.902.